The van der Waals surface area contributed by atoms with Crippen molar-refractivity contribution < 1.29 is 4.79 Å². The van der Waals surface area contributed by atoms with Gasteiger partial charge in [0.2, 0.25) is 5.91 Å². The number of hydrogen-bond acceptors (Lipinski definition) is 3. The van der Waals surface area contributed by atoms with E-state index in [1.165, 1.54) is 12.8 Å². The van der Waals surface area contributed by atoms with E-state index in [0.29, 0.717) is 11.8 Å². The molecule has 0 radical (unpaired) electrons. The molecule has 1 amide bonds. The van der Waals surface area contributed by atoms with Gasteiger partial charge in [-0.15, -0.1) is 0 Å². The highest BCUT2D eigenvalue weighted by molar-refractivity contribution is 5.89. The molecule has 1 heterocycles. The fraction of sp³-hybridized carbons (Fsp3) is 0.941. The van der Waals surface area contributed by atoms with Crippen LogP contribution >= 0.6 is 0 Å². The summed E-state index contributed by atoms with van der Waals surface area (Å²) in [6, 6.07) is 0. The second-order valence-corrected chi connectivity index (χ2v) is 7.10. The second kappa shape index (κ2) is 7.10. The Balaban J connectivity index is 2.05. The highest BCUT2D eigenvalue weighted by Crippen LogP contribution is 2.37. The lowest BCUT2D eigenvalue weighted by Crippen LogP contribution is -2.45. The highest BCUT2D eigenvalue weighted by Gasteiger charge is 2.51. The lowest BCUT2D eigenvalue weighted by Gasteiger charge is -2.28. The van der Waals surface area contributed by atoms with Gasteiger partial charge < -0.3 is 9.80 Å². The van der Waals surface area contributed by atoms with Gasteiger partial charge in [-0.2, -0.15) is 0 Å². The maximum atomic E-state index is 13.0. The van der Waals surface area contributed by atoms with Gasteiger partial charge in [-0.05, 0) is 38.3 Å². The molecule has 4 nitrogen and oxygen atoms in total. The predicted molar refractivity (Wildman–Crippen MR) is 87.1 cm³/mol. The summed E-state index contributed by atoms with van der Waals surface area (Å²) >= 11 is 0. The number of hydrogen-bond donors (Lipinski definition) is 1. The van der Waals surface area contributed by atoms with Crippen molar-refractivity contribution in [3.05, 3.63) is 0 Å². The fourth-order valence-corrected chi connectivity index (χ4v) is 3.89. The summed E-state index contributed by atoms with van der Waals surface area (Å²) in [6.45, 7) is 12.9. The van der Waals surface area contributed by atoms with Crippen molar-refractivity contribution >= 4 is 5.91 Å². The molecule has 2 aliphatic rings. The van der Waals surface area contributed by atoms with Crippen LogP contribution in [0.2, 0.25) is 0 Å². The zero-order chi connectivity index (χ0) is 15.5. The highest BCUT2D eigenvalue weighted by atomic mass is 16.2. The molecule has 2 rings (SSSR count). The van der Waals surface area contributed by atoms with Crippen molar-refractivity contribution in [3.8, 4) is 0 Å². The van der Waals surface area contributed by atoms with Crippen LogP contribution in [-0.4, -0.2) is 53.6 Å². The summed E-state index contributed by atoms with van der Waals surface area (Å²) in [6.07, 6.45) is 5.75. The van der Waals surface area contributed by atoms with E-state index >= 15 is 0 Å². The molecule has 21 heavy (non-hydrogen) atoms. The maximum absolute atomic E-state index is 13.0. The van der Waals surface area contributed by atoms with Crippen molar-refractivity contribution in [2.45, 2.75) is 71.5 Å². The van der Waals surface area contributed by atoms with E-state index in [-0.39, 0.29) is 11.7 Å². The number of nitrogens with zero attached hydrogens (tertiary/aromatic N) is 2. The molecule has 122 valence electrons. The molecule has 0 bridgehead atoms. The van der Waals surface area contributed by atoms with Crippen LogP contribution in [-0.2, 0) is 4.79 Å². The van der Waals surface area contributed by atoms with Gasteiger partial charge in [-0.1, -0.05) is 40.5 Å². The van der Waals surface area contributed by atoms with Gasteiger partial charge in [0.15, 0.2) is 0 Å². The number of amides is 1. The van der Waals surface area contributed by atoms with Gasteiger partial charge in [-0.25, -0.2) is 0 Å². The Bertz CT molecular complexity index is 346. The third-order valence-electron chi connectivity index (χ3n) is 5.19. The molecule has 1 spiro atoms. The molecule has 4 heteroatoms. The SMILES string of the molecule is CCN(CC)CCN1C(=O)C2(CCCC2)NC1CC(C)C. The van der Waals surface area contributed by atoms with E-state index in [0.717, 1.165) is 45.4 Å². The van der Waals surface area contributed by atoms with Gasteiger partial charge in [-0.3, -0.25) is 10.1 Å². The molecule has 1 saturated heterocycles. The second-order valence-electron chi connectivity index (χ2n) is 7.10. The van der Waals surface area contributed by atoms with E-state index in [1.807, 2.05) is 0 Å². The Hall–Kier alpha value is -0.610. The molecular formula is C17H33N3O. The Morgan fingerprint density at radius 1 is 1.29 bits per heavy atom. The zero-order valence-corrected chi connectivity index (χ0v) is 14.3. The zero-order valence-electron chi connectivity index (χ0n) is 14.3. The van der Waals surface area contributed by atoms with Gasteiger partial charge in [0.25, 0.3) is 0 Å². The molecule has 0 aromatic rings. The first-order valence-corrected chi connectivity index (χ1v) is 8.83. The average molecular weight is 295 g/mol. The minimum atomic E-state index is -0.219. The van der Waals surface area contributed by atoms with Crippen LogP contribution in [0.15, 0.2) is 0 Å². The summed E-state index contributed by atoms with van der Waals surface area (Å²) in [5.74, 6) is 0.987. The maximum Gasteiger partial charge on any atom is 0.244 e. The van der Waals surface area contributed by atoms with E-state index < -0.39 is 0 Å². The van der Waals surface area contributed by atoms with Crippen molar-refractivity contribution in [2.75, 3.05) is 26.2 Å². The van der Waals surface area contributed by atoms with E-state index in [4.69, 9.17) is 0 Å². The van der Waals surface area contributed by atoms with E-state index in [9.17, 15) is 4.79 Å². The minimum absolute atomic E-state index is 0.219. The van der Waals surface area contributed by atoms with Crippen LogP contribution in [0.3, 0.4) is 0 Å². The van der Waals surface area contributed by atoms with Crippen LogP contribution in [0.1, 0.15) is 59.8 Å². The Kier molecular flexibility index (Phi) is 5.67. The summed E-state index contributed by atoms with van der Waals surface area (Å²) < 4.78 is 0. The lowest BCUT2D eigenvalue weighted by atomic mass is 9.98. The van der Waals surface area contributed by atoms with E-state index in [1.54, 1.807) is 0 Å². The Morgan fingerprint density at radius 2 is 1.90 bits per heavy atom. The largest absolute Gasteiger partial charge is 0.324 e. The molecule has 1 saturated carbocycles. The van der Waals surface area contributed by atoms with Gasteiger partial charge in [0.05, 0.1) is 11.7 Å². The molecular weight excluding hydrogens is 262 g/mol. The number of nitrogens with one attached hydrogen (secondary N) is 1. The van der Waals surface area contributed by atoms with Crippen LogP contribution in [0.4, 0.5) is 0 Å². The minimum Gasteiger partial charge on any atom is -0.324 e. The van der Waals surface area contributed by atoms with Gasteiger partial charge >= 0.3 is 0 Å². The topological polar surface area (TPSA) is 35.6 Å². The van der Waals surface area contributed by atoms with Crippen molar-refractivity contribution in [2.24, 2.45) is 5.92 Å². The molecule has 1 unspecified atom stereocenters. The van der Waals surface area contributed by atoms with Crippen molar-refractivity contribution in [1.82, 2.24) is 15.1 Å². The van der Waals surface area contributed by atoms with Crippen LogP contribution < -0.4 is 5.32 Å². The normalized spacial score (nSPS) is 25.0. The molecule has 1 N–H and O–H groups in total. The number of carbonyl (C=O) groups excluding carboxylic acids is 1. The summed E-state index contributed by atoms with van der Waals surface area (Å²) in [4.78, 5) is 17.5. The third kappa shape index (κ3) is 3.59. The lowest BCUT2D eigenvalue weighted by molar-refractivity contribution is -0.133. The average Bonchev–Trinajstić information content (AvgIpc) is 3.00. The Labute approximate surface area is 130 Å². The summed E-state index contributed by atoms with van der Waals surface area (Å²) in [7, 11) is 0. The summed E-state index contributed by atoms with van der Waals surface area (Å²) in [5.41, 5.74) is -0.219. The quantitative estimate of drug-likeness (QED) is 0.783. The smallest absolute Gasteiger partial charge is 0.244 e. The standard InChI is InChI=1S/C17H33N3O/c1-5-19(6-2)11-12-20-15(13-14(3)4)18-17(16(20)21)9-7-8-10-17/h14-15,18H,5-13H2,1-4H3. The predicted octanol–water partition coefficient (Wildman–Crippen LogP) is 2.45. The number of rotatable bonds is 7. The summed E-state index contributed by atoms with van der Waals surface area (Å²) in [5, 5.41) is 3.72. The van der Waals surface area contributed by atoms with Crippen LogP contribution in [0.5, 0.6) is 0 Å². The molecule has 1 aliphatic heterocycles. The monoisotopic (exact) mass is 295 g/mol. The molecule has 1 aliphatic carbocycles. The molecule has 2 fully saturated rings. The molecule has 1 atom stereocenters. The van der Waals surface area contributed by atoms with Crippen molar-refractivity contribution in [3.63, 3.8) is 0 Å². The molecule has 0 aromatic carbocycles. The van der Waals surface area contributed by atoms with Crippen LogP contribution in [0, 0.1) is 5.92 Å². The number of likely N-dealkylation sites (N-methyl/N-ethyl adjacent to an activating group) is 1. The third-order valence-corrected chi connectivity index (χ3v) is 5.19. The van der Waals surface area contributed by atoms with E-state index in [2.05, 4.69) is 42.8 Å². The molecule has 0 aromatic heterocycles. The Morgan fingerprint density at radius 3 is 2.43 bits per heavy atom. The fourth-order valence-electron chi connectivity index (χ4n) is 3.89. The number of carbonyl (C=O) groups is 1. The first kappa shape index (κ1) is 16.8. The van der Waals surface area contributed by atoms with Gasteiger partial charge in [0, 0.05) is 13.1 Å². The van der Waals surface area contributed by atoms with Crippen molar-refractivity contribution in [1.29, 1.82) is 0 Å². The first-order valence-electron chi connectivity index (χ1n) is 8.83. The first-order chi connectivity index (χ1) is 10.0. The van der Waals surface area contributed by atoms with Crippen LogP contribution in [0.25, 0.3) is 0 Å². The van der Waals surface area contributed by atoms with Gasteiger partial charge in [0.1, 0.15) is 0 Å².